The molecule has 0 aliphatic carbocycles. The number of thioether (sulfide) groups is 1. The van der Waals surface area contributed by atoms with Crippen LogP contribution in [0.1, 0.15) is 78.5 Å². The summed E-state index contributed by atoms with van der Waals surface area (Å²) in [6.45, 7) is 19.2. The van der Waals surface area contributed by atoms with E-state index in [1.807, 2.05) is 17.8 Å². The Bertz CT molecular complexity index is 1980. The molecule has 46 heteroatoms. The zero-order valence-electron chi connectivity index (χ0n) is 68.3. The quantitative estimate of drug-likeness (QED) is 0.00516. The van der Waals surface area contributed by atoms with Crippen molar-refractivity contribution < 1.29 is 204 Å². The molecule has 4 heterocycles. The van der Waals surface area contributed by atoms with E-state index in [9.17, 15) is 59.5 Å². The van der Waals surface area contributed by atoms with Gasteiger partial charge in [0, 0.05) is 133 Å². The summed E-state index contributed by atoms with van der Waals surface area (Å²) < 4.78 is 57.3. The van der Waals surface area contributed by atoms with Crippen LogP contribution in [0.5, 0.6) is 0 Å². The van der Waals surface area contributed by atoms with Gasteiger partial charge in [0.15, 0.2) is 18.9 Å². The van der Waals surface area contributed by atoms with E-state index < -0.39 is 126 Å². The van der Waals surface area contributed by atoms with E-state index in [0.717, 1.165) is 37.9 Å². The van der Waals surface area contributed by atoms with E-state index in [-0.39, 0.29) is 199 Å². The van der Waals surface area contributed by atoms with Gasteiger partial charge in [-0.1, -0.05) is 151 Å². The first-order valence-corrected chi connectivity index (χ1v) is 65.9. The van der Waals surface area contributed by atoms with Gasteiger partial charge in [0.1, 0.15) is 81.1 Å². The predicted octanol–water partition coefficient (Wildman–Crippen LogP) is -13.8. The van der Waals surface area contributed by atoms with Crippen LogP contribution in [0.3, 0.4) is 0 Å². The van der Waals surface area contributed by atoms with Crippen LogP contribution in [0.25, 0.3) is 0 Å². The SMILES string of the molecule is C=CC[SiH2]CCC[SiH2]CCC[SiH3].C=CC[SiH3].C=C[CH2-].C=C[CH2-].CS(=O)(=O)Cl.Cl[Si](Cl)(Cl)Cl.OCC1O[C@H](O[C@H]2C(CO)O[C@@H](O[C@H]3C(O)C(O)[C@H](OCCCCSCCC[SiH2]CCC[SiH2]CCC[SiH3])O[C@H]3CO)C(O)[C@H]2O)C(O)[C@@H](O)[C@H]1O.[B]C1CCCO1.[Br-].[Br-].[Br-].[H-].[Mg+2].[Mg+2].[Na+].[Na+].[SiH3]CCC[SiH2]CCC[SiH2]CCCBr. The maximum Gasteiger partial charge on any atom is 2.00 e. The standard InChI is InChI=1S/C31H64O16SSi3.C9H25BrSi3.C9H24Si3.C4H7BO.C3H8Si.2C3H5.CH3ClO2S.3BrH.Cl4Si.2Mg.2Na.H/c32-14-17-20(35)21(36)24(39)30(43-17)46-28-19(16-34)45-31(26(41)23(28)38)47-27-18(15-33)44-29(25(40)22(27)37)42-6-1-2-7-48-8-3-10-50-12-5-13-51-11-4-9-49;10-4-1-6-12-8-3-9-13-7-2-5-11;1-2-6-11-8-4-9-12-7-3-5-10;5-4-2-1-3-6-4;1-2-3-4;2*1-3-2;1-5(2,3)4;;;;1-5(2,3)4;;;;;/h17-41H,1-16,50-51H2,49H3;1-9,12-13H2,11H3;2H,1,3-9,11-12H2,10H3;4H,1-3H2;2H,1,3H2,4H3;2*3H,1-2H2;1H3;3*1H;;;;;;/q;;;;;2*-1;;;;;;2*+2;2*+1;-1/p-3/t17?,18-,19?,20-,21-,22?,23+,24?,25?,26?,27+,28-,29+,30+,31-;;;;;;;;;;;;;;;;/m0................/s1. The van der Waals surface area contributed by atoms with Gasteiger partial charge in [-0.3, -0.25) is 0 Å². The number of unbranched alkanes of at least 4 members (excludes halogenated alkanes) is 1. The van der Waals surface area contributed by atoms with Crippen LogP contribution in [0.15, 0.2) is 50.6 Å². The summed E-state index contributed by atoms with van der Waals surface area (Å²) in [7, 11) is 13.9. The normalized spacial score (nSPS) is 24.8. The summed E-state index contributed by atoms with van der Waals surface area (Å²) in [5.41, 5.74) is 0. The topological polar surface area (TPSA) is 301 Å². The summed E-state index contributed by atoms with van der Waals surface area (Å²) in [6, 6.07) is 24.6. The summed E-state index contributed by atoms with van der Waals surface area (Å²) in [5.74, 6) is 2.17. The van der Waals surface area contributed by atoms with Crippen LogP contribution in [-0.4, -0.2) is 371 Å². The number of allylic oxidation sites excluding steroid dienone is 4. The third-order valence-electron chi connectivity index (χ3n) is 15.7. The molecule has 19 nitrogen and oxygen atoms in total. The molecule has 4 rings (SSSR count). The second kappa shape index (κ2) is 103. The molecule has 0 aromatic rings. The number of aliphatic hydroxyl groups is 10. The number of ether oxygens (including phenoxy) is 7. The van der Waals surface area contributed by atoms with Crippen molar-refractivity contribution in [3.63, 3.8) is 0 Å². The maximum atomic E-state index is 10.9. The first-order valence-electron chi connectivity index (χ1n) is 37.2. The predicted molar refractivity (Wildman–Crippen MR) is 489 cm³/mol. The Kier molecular flexibility index (Phi) is 134. The number of aliphatic hydroxyl groups excluding tert-OH is 10. The summed E-state index contributed by atoms with van der Waals surface area (Å²) in [4.78, 5) is 0. The molecule has 0 aromatic heterocycles. The Morgan fingerprint density at radius 1 is 0.560 bits per heavy atom. The van der Waals surface area contributed by atoms with Crippen molar-refractivity contribution in [3.05, 3.63) is 64.5 Å². The van der Waals surface area contributed by atoms with Gasteiger partial charge in [-0.15, -0.1) is 57.5 Å². The molecule has 636 valence electrons. The fourth-order valence-electron chi connectivity index (χ4n) is 10.1. The Hall–Kier alpha value is 7.67. The van der Waals surface area contributed by atoms with Crippen LogP contribution in [0.2, 0.25) is 96.7 Å². The molecule has 4 fully saturated rings. The Morgan fingerprint density at radius 2 is 0.881 bits per heavy atom. The minimum atomic E-state index is -3.19. The largest absolute Gasteiger partial charge is 2.00 e. The molecule has 0 bridgehead atoms. The van der Waals surface area contributed by atoms with E-state index in [1.54, 1.807) is 80.1 Å². The van der Waals surface area contributed by atoms with Gasteiger partial charge in [0.05, 0.1) is 26.1 Å². The van der Waals surface area contributed by atoms with E-state index in [4.69, 9.17) is 85.3 Å². The van der Waals surface area contributed by atoms with Gasteiger partial charge in [-0.25, -0.2) is 47.6 Å². The molecule has 0 aromatic carbocycles. The minimum absolute atomic E-state index is 0. The van der Waals surface area contributed by atoms with Gasteiger partial charge >= 0.3 is 111 Å². The molecule has 4 aliphatic heterocycles. The zero-order chi connectivity index (χ0) is 78.4. The van der Waals surface area contributed by atoms with Crippen LogP contribution < -0.4 is 110 Å². The maximum absolute atomic E-state index is 10.9. The van der Waals surface area contributed by atoms with Gasteiger partial charge in [-0.05, 0) is 62.1 Å². The number of hydrogen-bond acceptors (Lipinski definition) is 20. The molecule has 2 radical (unpaired) electrons. The molecule has 0 spiro atoms. The van der Waals surface area contributed by atoms with Gasteiger partial charge in [0.2, 0.25) is 9.05 Å². The average molecular weight is 2180 g/mol. The average Bonchev–Trinajstić information content (AvgIpc) is 0.813. The summed E-state index contributed by atoms with van der Waals surface area (Å²) in [5, 5.41) is 102. The monoisotopic (exact) mass is 2170 g/mol. The summed E-state index contributed by atoms with van der Waals surface area (Å²) >= 11 is 25.3. The molecule has 4 saturated heterocycles. The van der Waals surface area contributed by atoms with Crippen molar-refractivity contribution in [2.45, 2.75) is 272 Å². The van der Waals surface area contributed by atoms with Gasteiger partial charge < -0.3 is 137 Å². The fraction of sp³-hybridized carbons (Fsp3) is 0.841. The van der Waals surface area contributed by atoms with Gasteiger partial charge in [-0.2, -0.15) is 11.8 Å². The number of rotatable bonds is 44. The van der Waals surface area contributed by atoms with E-state index in [0.29, 0.717) is 35.0 Å². The van der Waals surface area contributed by atoms with Crippen molar-refractivity contribution >= 4 is 249 Å². The molecule has 10 N–H and O–H groups in total. The zero-order valence-corrected chi connectivity index (χ0v) is 103. The molecular weight excluding hydrogens is 2040 g/mol. The van der Waals surface area contributed by atoms with Crippen LogP contribution in [0, 0.1) is 13.8 Å². The van der Waals surface area contributed by atoms with Crippen molar-refractivity contribution in [3.8, 4) is 0 Å². The minimum Gasteiger partial charge on any atom is -1.00 e. The number of alkyl halides is 1. The van der Waals surface area contributed by atoms with Crippen molar-refractivity contribution in [2.75, 3.05) is 56.1 Å². The molecular formula is C63H142BBr4Cl5Mg2Na2O19S2Si11. The van der Waals surface area contributed by atoms with Crippen molar-refractivity contribution in [1.82, 2.24) is 0 Å². The van der Waals surface area contributed by atoms with Crippen molar-refractivity contribution in [1.29, 1.82) is 0 Å². The molecule has 109 heavy (non-hydrogen) atoms. The third kappa shape index (κ3) is 93.1. The first-order chi connectivity index (χ1) is 48.6. The van der Waals surface area contributed by atoms with Crippen LogP contribution >= 0.6 is 82.7 Å². The Morgan fingerprint density at radius 3 is 1.20 bits per heavy atom. The second-order valence-corrected chi connectivity index (χ2v) is 57.7. The van der Waals surface area contributed by atoms with E-state index in [2.05, 4.69) is 72.9 Å². The van der Waals surface area contributed by atoms with Crippen LogP contribution in [-0.2, 0) is 42.2 Å². The first kappa shape index (κ1) is 142. The van der Waals surface area contributed by atoms with Gasteiger partial charge in [0.25, 0.3) is 0 Å². The molecule has 7 unspecified atom stereocenters. The van der Waals surface area contributed by atoms with E-state index in [1.165, 1.54) is 132 Å². The molecule has 0 saturated carbocycles. The van der Waals surface area contributed by atoms with Crippen LogP contribution in [0.4, 0.5) is 0 Å². The van der Waals surface area contributed by atoms with Crippen molar-refractivity contribution in [2.24, 2.45) is 0 Å². The number of halogens is 9. The Labute approximate surface area is 834 Å². The fourth-order valence-corrected chi connectivity index (χ4v) is 29.6. The smallest absolute Gasteiger partial charge is 1.00 e. The molecule has 4 aliphatic rings. The van der Waals surface area contributed by atoms with E-state index >= 15 is 0 Å². The molecule has 0 amide bonds. The summed E-state index contributed by atoms with van der Waals surface area (Å²) in [6.07, 6.45) is -0.0991. The number of hydrogen-bond donors (Lipinski definition) is 10. The Balaban J connectivity index is -0.000000118. The second-order valence-electron chi connectivity index (χ2n) is 25.0. The molecule has 16 atom stereocenters. The third-order valence-corrected chi connectivity index (χ3v) is 31.9.